The van der Waals surface area contributed by atoms with Crippen LogP contribution in [-0.2, 0) is 16.1 Å². The number of aryl methyl sites for hydroxylation is 1. The molecule has 0 spiro atoms. The van der Waals surface area contributed by atoms with Crippen LogP contribution in [0.2, 0.25) is 0 Å². The number of nitrogens with zero attached hydrogens (tertiary/aromatic N) is 3. The highest BCUT2D eigenvalue weighted by Gasteiger charge is 2.17. The summed E-state index contributed by atoms with van der Waals surface area (Å²) in [6.45, 7) is 1.07. The fourth-order valence-corrected chi connectivity index (χ4v) is 3.06. The predicted molar refractivity (Wildman–Crippen MR) is 111 cm³/mol. The highest BCUT2D eigenvalue weighted by Crippen LogP contribution is 2.18. The van der Waals surface area contributed by atoms with E-state index in [9.17, 15) is 23.6 Å². The van der Waals surface area contributed by atoms with Gasteiger partial charge in [-0.15, -0.1) is 0 Å². The van der Waals surface area contributed by atoms with Gasteiger partial charge in [0.05, 0.1) is 24.1 Å². The van der Waals surface area contributed by atoms with Crippen LogP contribution in [0.15, 0.2) is 50.6 Å². The molecule has 1 amide bonds. The summed E-state index contributed by atoms with van der Waals surface area (Å²) in [5, 5.41) is 6.74. The fourth-order valence-electron chi connectivity index (χ4n) is 2.67. The van der Waals surface area contributed by atoms with Gasteiger partial charge in [0.25, 0.3) is 5.56 Å². The molecule has 1 aromatic carbocycles. The van der Waals surface area contributed by atoms with Crippen LogP contribution in [0.5, 0.6) is 0 Å². The summed E-state index contributed by atoms with van der Waals surface area (Å²) in [7, 11) is 0. The second-order valence-electron chi connectivity index (χ2n) is 6.41. The molecular formula is C19H17BrFN5O5. The number of amides is 1. The number of halogens is 2. The molecule has 3 aromatic rings. The highest BCUT2D eigenvalue weighted by molar-refractivity contribution is 9.10. The first-order chi connectivity index (χ1) is 14.7. The van der Waals surface area contributed by atoms with Crippen molar-refractivity contribution in [2.75, 3.05) is 13.2 Å². The number of aromatic nitrogens is 4. The lowest BCUT2D eigenvalue weighted by Crippen LogP contribution is -2.37. The molecule has 0 aliphatic rings. The van der Waals surface area contributed by atoms with Crippen molar-refractivity contribution in [3.63, 3.8) is 0 Å². The molecule has 2 heterocycles. The van der Waals surface area contributed by atoms with E-state index < -0.39 is 35.5 Å². The highest BCUT2D eigenvalue weighted by atomic mass is 79.9. The van der Waals surface area contributed by atoms with Crippen LogP contribution in [0.1, 0.15) is 16.2 Å². The third-order valence-electron chi connectivity index (χ3n) is 4.03. The monoisotopic (exact) mass is 493 g/mol. The third kappa shape index (κ3) is 5.54. The minimum Gasteiger partial charge on any atom is -0.459 e. The molecule has 2 N–H and O–H groups in total. The van der Waals surface area contributed by atoms with Gasteiger partial charge in [-0.05, 0) is 31.2 Å². The first kappa shape index (κ1) is 22.2. The van der Waals surface area contributed by atoms with Gasteiger partial charge in [-0.2, -0.15) is 9.49 Å². The van der Waals surface area contributed by atoms with E-state index in [-0.39, 0.29) is 18.8 Å². The lowest BCUT2D eigenvalue weighted by atomic mass is 10.3. The maximum Gasteiger partial charge on any atom is 0.357 e. The van der Waals surface area contributed by atoms with Gasteiger partial charge in [-0.1, -0.05) is 22.0 Å². The number of ether oxygens (including phenoxy) is 1. The maximum absolute atomic E-state index is 13.2. The Bertz CT molecular complexity index is 1250. The molecule has 0 atom stereocenters. The topological polar surface area (TPSA) is 128 Å². The lowest BCUT2D eigenvalue weighted by Gasteiger charge is -2.09. The van der Waals surface area contributed by atoms with E-state index in [1.54, 1.807) is 36.2 Å². The van der Waals surface area contributed by atoms with E-state index in [0.717, 1.165) is 9.04 Å². The van der Waals surface area contributed by atoms with Crippen molar-refractivity contribution in [2.45, 2.75) is 13.5 Å². The minimum atomic E-state index is -1.18. The van der Waals surface area contributed by atoms with Crippen molar-refractivity contribution >= 4 is 27.8 Å². The summed E-state index contributed by atoms with van der Waals surface area (Å²) < 4.78 is 21.4. The number of hydrogen-bond acceptors (Lipinski definition) is 6. The first-order valence-electron chi connectivity index (χ1n) is 9.00. The van der Waals surface area contributed by atoms with E-state index in [1.807, 2.05) is 6.07 Å². The zero-order valence-electron chi connectivity index (χ0n) is 16.2. The number of nitrogens with one attached hydrogen (secondary N) is 2. The molecule has 0 radical (unpaired) electrons. The van der Waals surface area contributed by atoms with Crippen LogP contribution in [-0.4, -0.2) is 44.4 Å². The van der Waals surface area contributed by atoms with Gasteiger partial charge >= 0.3 is 11.7 Å². The van der Waals surface area contributed by atoms with Gasteiger partial charge in [0.2, 0.25) is 11.7 Å². The smallest absolute Gasteiger partial charge is 0.357 e. The molecule has 0 unspecified atom stereocenters. The summed E-state index contributed by atoms with van der Waals surface area (Å²) in [5.74, 6) is -2.44. The number of aromatic amines is 1. The van der Waals surface area contributed by atoms with Crippen LogP contribution < -0.4 is 16.6 Å². The normalized spacial score (nSPS) is 10.7. The fraction of sp³-hybridized carbons (Fsp3) is 0.211. The van der Waals surface area contributed by atoms with Gasteiger partial charge in [0, 0.05) is 4.47 Å². The molecule has 0 bridgehead atoms. The number of carbonyl (C=O) groups is 2. The number of H-pyrrole nitrogens is 1. The summed E-state index contributed by atoms with van der Waals surface area (Å²) in [6.07, 6.45) is 0.645. The van der Waals surface area contributed by atoms with Crippen molar-refractivity contribution in [3.05, 3.63) is 79.0 Å². The molecule has 31 heavy (non-hydrogen) atoms. The largest absolute Gasteiger partial charge is 0.459 e. The van der Waals surface area contributed by atoms with Gasteiger partial charge in [0.15, 0.2) is 5.69 Å². The molecule has 10 nitrogen and oxygen atoms in total. The van der Waals surface area contributed by atoms with E-state index in [2.05, 4.69) is 26.3 Å². The zero-order valence-corrected chi connectivity index (χ0v) is 17.8. The molecular weight excluding hydrogens is 477 g/mol. The molecule has 0 saturated heterocycles. The second-order valence-corrected chi connectivity index (χ2v) is 7.33. The van der Waals surface area contributed by atoms with Gasteiger partial charge in [-0.25, -0.2) is 14.3 Å². The van der Waals surface area contributed by atoms with Crippen molar-refractivity contribution in [2.24, 2.45) is 0 Å². The molecule has 2 aromatic heterocycles. The van der Waals surface area contributed by atoms with E-state index in [0.29, 0.717) is 17.6 Å². The Morgan fingerprint density at radius 3 is 2.81 bits per heavy atom. The molecule has 0 fully saturated rings. The average molecular weight is 494 g/mol. The zero-order chi connectivity index (χ0) is 22.5. The summed E-state index contributed by atoms with van der Waals surface area (Å²) in [5.41, 5.74) is -0.563. The van der Waals surface area contributed by atoms with E-state index in [4.69, 9.17) is 4.74 Å². The number of hydrogen-bond donors (Lipinski definition) is 2. The number of carbonyl (C=O) groups excluding carboxylic acids is 2. The van der Waals surface area contributed by atoms with Crippen molar-refractivity contribution in [3.8, 4) is 5.69 Å². The summed E-state index contributed by atoms with van der Waals surface area (Å²) in [4.78, 5) is 48.7. The number of esters is 1. The molecule has 12 heteroatoms. The van der Waals surface area contributed by atoms with Gasteiger partial charge < -0.3 is 10.1 Å². The van der Waals surface area contributed by atoms with E-state index in [1.165, 1.54) is 4.68 Å². The van der Waals surface area contributed by atoms with Gasteiger partial charge in [-0.3, -0.25) is 19.1 Å². The Morgan fingerprint density at radius 1 is 1.29 bits per heavy atom. The summed E-state index contributed by atoms with van der Waals surface area (Å²) in [6, 6.07) is 8.82. The van der Waals surface area contributed by atoms with Crippen LogP contribution in [0, 0.1) is 12.7 Å². The predicted octanol–water partition coefficient (Wildman–Crippen LogP) is 0.906. The third-order valence-corrected chi connectivity index (χ3v) is 4.53. The quantitative estimate of drug-likeness (QED) is 0.371. The molecule has 3 rings (SSSR count). The van der Waals surface area contributed by atoms with Crippen LogP contribution in [0.3, 0.4) is 0 Å². The molecule has 0 aliphatic carbocycles. The summed E-state index contributed by atoms with van der Waals surface area (Å²) >= 11 is 3.37. The SMILES string of the molecule is Cc1cc(C(=O)OCCNC(=O)Cn2cc(F)c(=O)[nH]c2=O)n(-c2cccc(Br)c2)n1. The standard InChI is InChI=1S/C19H17BrFN5O5/c1-11-7-15(26(24-11)13-4-2-3-12(20)8-13)18(29)31-6-5-22-16(27)10-25-9-14(21)17(28)23-19(25)30/h2-4,7-9H,5-6,10H2,1H3,(H,22,27)(H,23,28,30). The Morgan fingerprint density at radius 2 is 2.06 bits per heavy atom. The number of rotatable bonds is 7. The minimum absolute atomic E-state index is 0.0326. The Labute approximate surface area is 182 Å². The van der Waals surface area contributed by atoms with E-state index >= 15 is 0 Å². The van der Waals surface area contributed by atoms with Crippen LogP contribution in [0.4, 0.5) is 4.39 Å². The van der Waals surface area contributed by atoms with Crippen molar-refractivity contribution in [1.82, 2.24) is 24.6 Å². The molecule has 0 aliphatic heterocycles. The Kier molecular flexibility index (Phi) is 6.80. The molecule has 0 saturated carbocycles. The van der Waals surface area contributed by atoms with Crippen LogP contribution in [0.25, 0.3) is 5.69 Å². The van der Waals surface area contributed by atoms with Crippen molar-refractivity contribution < 1.29 is 18.7 Å². The van der Waals surface area contributed by atoms with Gasteiger partial charge in [0.1, 0.15) is 13.2 Å². The lowest BCUT2D eigenvalue weighted by molar-refractivity contribution is -0.121. The number of benzene rings is 1. The second kappa shape index (κ2) is 9.51. The van der Waals surface area contributed by atoms with Crippen LogP contribution >= 0.6 is 15.9 Å². The Balaban J connectivity index is 1.55. The first-order valence-corrected chi connectivity index (χ1v) is 9.79. The maximum atomic E-state index is 13.2. The molecule has 162 valence electrons. The Hall–Kier alpha value is -3.54. The average Bonchev–Trinajstić information content (AvgIpc) is 3.11. The van der Waals surface area contributed by atoms with Crippen molar-refractivity contribution in [1.29, 1.82) is 0 Å².